The molecule has 0 saturated heterocycles. The summed E-state index contributed by atoms with van der Waals surface area (Å²) in [7, 11) is 0. The van der Waals surface area contributed by atoms with Gasteiger partial charge in [-0.25, -0.2) is 19.9 Å². The van der Waals surface area contributed by atoms with Crippen molar-refractivity contribution in [3.63, 3.8) is 0 Å². The summed E-state index contributed by atoms with van der Waals surface area (Å²) in [5.41, 5.74) is 6.76. The lowest BCUT2D eigenvalue weighted by Gasteiger charge is -2.16. The molecule has 2 aliphatic carbocycles. The number of thiazole rings is 2. The van der Waals surface area contributed by atoms with Crippen LogP contribution in [0.25, 0.3) is 22.5 Å². The predicted molar refractivity (Wildman–Crippen MR) is 159 cm³/mol. The van der Waals surface area contributed by atoms with Gasteiger partial charge in [-0.15, -0.1) is 22.7 Å². The highest BCUT2D eigenvalue weighted by atomic mass is 32.1. The molecule has 0 bridgehead atoms. The summed E-state index contributed by atoms with van der Waals surface area (Å²) >= 11 is 3.41. The van der Waals surface area contributed by atoms with Gasteiger partial charge in [0.2, 0.25) is 0 Å². The number of anilines is 4. The first-order chi connectivity index (χ1) is 19.7. The van der Waals surface area contributed by atoms with Gasteiger partial charge in [0.25, 0.3) is 0 Å². The van der Waals surface area contributed by atoms with E-state index in [0.717, 1.165) is 70.1 Å². The number of rotatable bonds is 4. The summed E-state index contributed by atoms with van der Waals surface area (Å²) in [6.45, 7) is 2.23. The van der Waals surface area contributed by atoms with E-state index in [1.54, 1.807) is 35.1 Å². The Hall–Kier alpha value is -4.42. The minimum Gasteiger partial charge on any atom is -0.316 e. The average Bonchev–Trinajstić information content (AvgIpc) is 3.76. The second kappa shape index (κ2) is 10.6. The Morgan fingerprint density at radius 3 is 2.12 bits per heavy atom. The van der Waals surface area contributed by atoms with Gasteiger partial charge in [0, 0.05) is 44.7 Å². The van der Waals surface area contributed by atoms with Crippen LogP contribution in [0.2, 0.25) is 0 Å². The Morgan fingerprint density at radius 2 is 1.43 bits per heavy atom. The van der Waals surface area contributed by atoms with E-state index in [-0.39, 0.29) is 0 Å². The van der Waals surface area contributed by atoms with Gasteiger partial charge in [0.1, 0.15) is 11.6 Å². The van der Waals surface area contributed by atoms with Crippen molar-refractivity contribution in [2.24, 2.45) is 0 Å². The first-order valence-electron chi connectivity index (χ1n) is 13.1. The molecule has 200 valence electrons. The van der Waals surface area contributed by atoms with E-state index in [1.165, 1.54) is 21.1 Å². The Morgan fingerprint density at radius 1 is 0.775 bits per heavy atom. The molecule has 0 spiro atoms. The number of pyridine rings is 2. The highest BCUT2D eigenvalue weighted by Gasteiger charge is 2.27. The van der Waals surface area contributed by atoms with Gasteiger partial charge in [-0.1, -0.05) is 19.1 Å². The van der Waals surface area contributed by atoms with E-state index < -0.39 is 0 Å². The van der Waals surface area contributed by atoms with Gasteiger partial charge in [0.05, 0.1) is 23.8 Å². The zero-order valence-electron chi connectivity index (χ0n) is 21.7. The van der Waals surface area contributed by atoms with Crippen molar-refractivity contribution in [1.29, 1.82) is 0 Å². The normalized spacial score (nSPS) is 15.0. The molecule has 0 amide bonds. The number of aryl methyl sites for hydroxylation is 2. The standard InChI is InChI=1S/2C14H13N5S/c1-8-6-10-9(7-16-19-10)12-13(8)20-14(18-12)17-11-4-2-3-5-15-11;1-2-7-15-12(6-1)17-14-18-13-9-8-16-19-10(9)4-3-5-11(13)20-14/h2-5,7-8H,6H2,1H3,(H,16,19)(H,15,17,18);1-2,6-8H,3-5H2,(H,16,19)(H,15,17,18). The van der Waals surface area contributed by atoms with Crippen molar-refractivity contribution in [3.8, 4) is 22.5 Å². The summed E-state index contributed by atoms with van der Waals surface area (Å²) in [5.74, 6) is 2.11. The molecule has 6 heterocycles. The molecule has 6 aromatic rings. The maximum atomic E-state index is 4.73. The van der Waals surface area contributed by atoms with Crippen LogP contribution in [-0.4, -0.2) is 40.3 Å². The molecule has 0 saturated carbocycles. The molecular formula is C28H26N10S2. The van der Waals surface area contributed by atoms with Crippen molar-refractivity contribution in [1.82, 2.24) is 40.3 Å². The van der Waals surface area contributed by atoms with Crippen molar-refractivity contribution in [3.05, 3.63) is 82.3 Å². The largest absolute Gasteiger partial charge is 0.316 e. The molecular weight excluding hydrogens is 541 g/mol. The fourth-order valence-corrected chi connectivity index (χ4v) is 7.06. The van der Waals surface area contributed by atoms with Crippen molar-refractivity contribution in [2.45, 2.75) is 38.5 Å². The van der Waals surface area contributed by atoms with Crippen LogP contribution in [0, 0.1) is 0 Å². The topological polar surface area (TPSA) is 133 Å². The summed E-state index contributed by atoms with van der Waals surface area (Å²) in [6, 6.07) is 11.6. The number of aromatic amines is 2. The fraction of sp³-hybridized carbons (Fsp3) is 0.214. The zero-order valence-corrected chi connectivity index (χ0v) is 23.3. The van der Waals surface area contributed by atoms with Gasteiger partial charge in [-0.05, 0) is 55.9 Å². The SMILES string of the molecule is CC1Cc2[nH]ncc2-c2nc(Nc3ccccn3)sc21.c1ccc(Nc2nc3c(s2)CCCc2[nH]ncc2-3)nc1. The minimum atomic E-state index is 0.467. The molecule has 1 atom stereocenters. The summed E-state index contributed by atoms with van der Waals surface area (Å²) in [5, 5.41) is 22.7. The second-order valence-corrected chi connectivity index (χ2v) is 11.8. The zero-order chi connectivity index (χ0) is 26.9. The van der Waals surface area contributed by atoms with Crippen LogP contribution in [0.5, 0.6) is 0 Å². The van der Waals surface area contributed by atoms with E-state index >= 15 is 0 Å². The maximum Gasteiger partial charge on any atom is 0.189 e. The highest BCUT2D eigenvalue weighted by molar-refractivity contribution is 7.16. The molecule has 10 nitrogen and oxygen atoms in total. The van der Waals surface area contributed by atoms with Gasteiger partial charge < -0.3 is 10.6 Å². The van der Waals surface area contributed by atoms with Crippen LogP contribution in [-0.2, 0) is 19.3 Å². The number of H-pyrrole nitrogens is 2. The van der Waals surface area contributed by atoms with Crippen molar-refractivity contribution >= 4 is 44.6 Å². The molecule has 2 aliphatic rings. The molecule has 0 fully saturated rings. The van der Waals surface area contributed by atoms with Crippen LogP contribution >= 0.6 is 22.7 Å². The quantitative estimate of drug-likeness (QED) is 0.190. The van der Waals surface area contributed by atoms with E-state index in [0.29, 0.717) is 5.92 Å². The minimum absolute atomic E-state index is 0.467. The number of hydrogen-bond donors (Lipinski definition) is 4. The predicted octanol–water partition coefficient (Wildman–Crippen LogP) is 6.49. The van der Waals surface area contributed by atoms with Crippen LogP contribution in [0.3, 0.4) is 0 Å². The third-order valence-corrected chi connectivity index (χ3v) is 9.12. The van der Waals surface area contributed by atoms with Gasteiger partial charge >= 0.3 is 0 Å². The number of fused-ring (bicyclic) bond motifs is 6. The molecule has 1 unspecified atom stereocenters. The van der Waals surface area contributed by atoms with Crippen LogP contribution < -0.4 is 10.6 Å². The maximum absolute atomic E-state index is 4.73. The van der Waals surface area contributed by atoms with Crippen LogP contribution in [0.1, 0.15) is 40.4 Å². The first-order valence-corrected chi connectivity index (χ1v) is 14.8. The third-order valence-electron chi connectivity index (χ3n) is 6.89. The summed E-state index contributed by atoms with van der Waals surface area (Å²) in [4.78, 5) is 20.6. The van der Waals surface area contributed by atoms with Crippen molar-refractivity contribution in [2.75, 3.05) is 10.6 Å². The van der Waals surface area contributed by atoms with Crippen LogP contribution in [0.15, 0.2) is 61.2 Å². The number of nitrogens with zero attached hydrogens (tertiary/aromatic N) is 6. The van der Waals surface area contributed by atoms with E-state index in [2.05, 4.69) is 47.9 Å². The molecule has 8 rings (SSSR count). The number of hydrogen-bond acceptors (Lipinski definition) is 10. The van der Waals surface area contributed by atoms with Gasteiger partial charge in [0.15, 0.2) is 10.3 Å². The van der Waals surface area contributed by atoms with E-state index in [9.17, 15) is 0 Å². The Labute approximate surface area is 238 Å². The Balaban J connectivity index is 0.000000132. The highest BCUT2D eigenvalue weighted by Crippen LogP contribution is 2.43. The lowest BCUT2D eigenvalue weighted by molar-refractivity contribution is 0.739. The molecule has 4 N–H and O–H groups in total. The van der Waals surface area contributed by atoms with Gasteiger partial charge in [-0.2, -0.15) is 10.2 Å². The molecule has 6 aromatic heterocycles. The lowest BCUT2D eigenvalue weighted by atomic mass is 9.92. The summed E-state index contributed by atoms with van der Waals surface area (Å²) < 4.78 is 0. The average molecular weight is 567 g/mol. The fourth-order valence-electron chi connectivity index (χ4n) is 4.99. The lowest BCUT2D eigenvalue weighted by Crippen LogP contribution is -2.05. The number of aromatic nitrogens is 8. The first kappa shape index (κ1) is 24.6. The van der Waals surface area contributed by atoms with E-state index in [1.807, 2.05) is 48.8 Å². The Kier molecular flexibility index (Phi) is 6.54. The number of nitrogens with one attached hydrogen (secondary N) is 4. The molecule has 40 heavy (non-hydrogen) atoms. The van der Waals surface area contributed by atoms with Gasteiger partial charge in [-0.3, -0.25) is 10.2 Å². The summed E-state index contributed by atoms with van der Waals surface area (Å²) in [6.07, 6.45) is 11.5. The van der Waals surface area contributed by atoms with Crippen molar-refractivity contribution < 1.29 is 0 Å². The Bertz CT molecular complexity index is 1730. The second-order valence-electron chi connectivity index (χ2n) is 9.69. The monoisotopic (exact) mass is 566 g/mol. The molecule has 0 aliphatic heterocycles. The molecule has 0 aromatic carbocycles. The molecule has 12 heteroatoms. The van der Waals surface area contributed by atoms with E-state index in [4.69, 9.17) is 9.97 Å². The molecule has 0 radical (unpaired) electrons. The third kappa shape index (κ3) is 4.87. The smallest absolute Gasteiger partial charge is 0.189 e. The van der Waals surface area contributed by atoms with Crippen LogP contribution in [0.4, 0.5) is 21.9 Å².